The summed E-state index contributed by atoms with van der Waals surface area (Å²) in [6, 6.07) is -0.633. The second-order valence-electron chi connectivity index (χ2n) is 3.11. The zero-order valence-corrected chi connectivity index (χ0v) is 6.49. The van der Waals surface area contributed by atoms with Crippen molar-refractivity contribution >= 4 is 11.8 Å². The molecule has 2 saturated heterocycles. The Morgan fingerprint density at radius 3 is 2.92 bits per heavy atom. The minimum absolute atomic E-state index is 0.0715. The molecule has 0 radical (unpaired) electrons. The van der Waals surface area contributed by atoms with Gasteiger partial charge in [0.25, 0.3) is 0 Å². The highest BCUT2D eigenvalue weighted by Gasteiger charge is 2.43. The van der Waals surface area contributed by atoms with Crippen LogP contribution in [0.15, 0.2) is 0 Å². The summed E-state index contributed by atoms with van der Waals surface area (Å²) in [5, 5.41) is 11.8. The number of aliphatic hydroxyl groups excluding tert-OH is 1. The molecule has 2 heterocycles. The number of rotatable bonds is 0. The Kier molecular flexibility index (Phi) is 1.54. The van der Waals surface area contributed by atoms with E-state index in [9.17, 15) is 14.7 Å². The van der Waals surface area contributed by atoms with Gasteiger partial charge in [-0.3, -0.25) is 9.59 Å². The van der Waals surface area contributed by atoms with Gasteiger partial charge in [0.15, 0.2) is 0 Å². The first-order valence-corrected chi connectivity index (χ1v) is 3.95. The standard InChI is InChI=1S/C7H10N2O3/c10-4-1-2-9-5(11)3-8-7(12)6(4)9/h4,6,10H,1-3H2,(H,8,12). The van der Waals surface area contributed by atoms with E-state index in [0.29, 0.717) is 13.0 Å². The van der Waals surface area contributed by atoms with Crippen LogP contribution in [-0.4, -0.2) is 47.1 Å². The molecule has 2 fully saturated rings. The number of carbonyl (C=O) groups excluding carboxylic acids is 2. The predicted molar refractivity (Wildman–Crippen MR) is 39.1 cm³/mol. The summed E-state index contributed by atoms with van der Waals surface area (Å²) in [5.41, 5.74) is 0. The van der Waals surface area contributed by atoms with Crippen LogP contribution < -0.4 is 5.32 Å². The van der Waals surface area contributed by atoms with Gasteiger partial charge in [-0.15, -0.1) is 0 Å². The number of aliphatic hydroxyl groups is 1. The first-order valence-electron chi connectivity index (χ1n) is 3.95. The van der Waals surface area contributed by atoms with Crippen molar-refractivity contribution in [3.8, 4) is 0 Å². The molecule has 0 spiro atoms. The van der Waals surface area contributed by atoms with Gasteiger partial charge in [0.1, 0.15) is 6.04 Å². The third-order valence-corrected chi connectivity index (χ3v) is 2.37. The van der Waals surface area contributed by atoms with Crippen molar-refractivity contribution < 1.29 is 14.7 Å². The largest absolute Gasteiger partial charge is 0.390 e. The summed E-state index contributed by atoms with van der Waals surface area (Å²) in [5.74, 6) is -0.337. The van der Waals surface area contributed by atoms with Crippen molar-refractivity contribution in [3.05, 3.63) is 0 Å². The molecule has 2 aliphatic rings. The number of piperazine rings is 1. The van der Waals surface area contributed by atoms with Gasteiger partial charge < -0.3 is 15.3 Å². The highest BCUT2D eigenvalue weighted by Crippen LogP contribution is 2.20. The fourth-order valence-electron chi connectivity index (χ4n) is 1.74. The first-order chi connectivity index (χ1) is 5.70. The lowest BCUT2D eigenvalue weighted by Gasteiger charge is -2.29. The Hall–Kier alpha value is -1.10. The Balaban J connectivity index is 2.24. The van der Waals surface area contributed by atoms with E-state index in [4.69, 9.17) is 0 Å². The van der Waals surface area contributed by atoms with E-state index in [1.807, 2.05) is 0 Å². The molecule has 2 unspecified atom stereocenters. The van der Waals surface area contributed by atoms with Gasteiger partial charge in [0.05, 0.1) is 12.6 Å². The zero-order valence-electron chi connectivity index (χ0n) is 6.49. The lowest BCUT2D eigenvalue weighted by molar-refractivity contribution is -0.145. The van der Waals surface area contributed by atoms with Crippen molar-refractivity contribution in [3.63, 3.8) is 0 Å². The number of nitrogens with zero attached hydrogens (tertiary/aromatic N) is 1. The lowest BCUT2D eigenvalue weighted by atomic mass is 10.1. The molecule has 0 aliphatic carbocycles. The highest BCUT2D eigenvalue weighted by molar-refractivity contribution is 5.95. The number of carbonyl (C=O) groups is 2. The van der Waals surface area contributed by atoms with Gasteiger partial charge in [-0.05, 0) is 6.42 Å². The zero-order chi connectivity index (χ0) is 8.72. The maximum absolute atomic E-state index is 11.2. The van der Waals surface area contributed by atoms with Crippen LogP contribution in [0.3, 0.4) is 0 Å². The van der Waals surface area contributed by atoms with E-state index in [1.54, 1.807) is 0 Å². The van der Waals surface area contributed by atoms with E-state index in [0.717, 1.165) is 0 Å². The minimum atomic E-state index is -0.686. The normalized spacial score (nSPS) is 34.9. The SMILES string of the molecule is O=C1NCC(=O)N2CCC(O)C12. The second kappa shape index (κ2) is 2.45. The highest BCUT2D eigenvalue weighted by atomic mass is 16.3. The van der Waals surface area contributed by atoms with E-state index in [2.05, 4.69) is 5.32 Å². The van der Waals surface area contributed by atoms with Gasteiger partial charge in [-0.1, -0.05) is 0 Å². The van der Waals surface area contributed by atoms with Crippen LogP contribution in [0.25, 0.3) is 0 Å². The van der Waals surface area contributed by atoms with Crippen molar-refractivity contribution in [2.45, 2.75) is 18.6 Å². The van der Waals surface area contributed by atoms with Crippen LogP contribution in [0.4, 0.5) is 0 Å². The van der Waals surface area contributed by atoms with Gasteiger partial charge in [0, 0.05) is 6.54 Å². The Labute approximate surface area is 69.3 Å². The fourth-order valence-corrected chi connectivity index (χ4v) is 1.74. The molecule has 2 rings (SSSR count). The van der Waals surface area contributed by atoms with Crippen LogP contribution in [0.5, 0.6) is 0 Å². The maximum Gasteiger partial charge on any atom is 0.245 e. The molecule has 0 aromatic heterocycles. The van der Waals surface area contributed by atoms with Crippen LogP contribution >= 0.6 is 0 Å². The van der Waals surface area contributed by atoms with Crippen LogP contribution in [0.1, 0.15) is 6.42 Å². The van der Waals surface area contributed by atoms with Gasteiger partial charge in [-0.25, -0.2) is 0 Å². The molecule has 0 aromatic rings. The molecule has 2 atom stereocenters. The van der Waals surface area contributed by atoms with Gasteiger partial charge in [0.2, 0.25) is 11.8 Å². The average Bonchev–Trinajstić information content (AvgIpc) is 2.42. The maximum atomic E-state index is 11.2. The quantitative estimate of drug-likeness (QED) is 0.445. The molecule has 2 N–H and O–H groups in total. The predicted octanol–water partition coefficient (Wildman–Crippen LogP) is -1.92. The lowest BCUT2D eigenvalue weighted by Crippen LogP contribution is -2.58. The third-order valence-electron chi connectivity index (χ3n) is 2.37. The molecule has 2 amide bonds. The van der Waals surface area contributed by atoms with Crippen molar-refractivity contribution in [2.75, 3.05) is 13.1 Å². The Morgan fingerprint density at radius 1 is 1.50 bits per heavy atom. The summed E-state index contributed by atoms with van der Waals surface area (Å²) >= 11 is 0. The van der Waals surface area contributed by atoms with Crippen LogP contribution in [0.2, 0.25) is 0 Å². The molecule has 0 bridgehead atoms. The molecule has 66 valence electrons. The molecular formula is C7H10N2O3. The minimum Gasteiger partial charge on any atom is -0.390 e. The Morgan fingerprint density at radius 2 is 2.25 bits per heavy atom. The third kappa shape index (κ3) is 0.896. The fraction of sp³-hybridized carbons (Fsp3) is 0.714. The Bertz CT molecular complexity index is 241. The molecule has 5 heteroatoms. The molecule has 2 aliphatic heterocycles. The summed E-state index contributed by atoms with van der Waals surface area (Å²) in [6.45, 7) is 0.570. The van der Waals surface area contributed by atoms with Crippen molar-refractivity contribution in [1.82, 2.24) is 10.2 Å². The van der Waals surface area contributed by atoms with Crippen molar-refractivity contribution in [1.29, 1.82) is 0 Å². The van der Waals surface area contributed by atoms with E-state index in [1.165, 1.54) is 4.90 Å². The van der Waals surface area contributed by atoms with Gasteiger partial charge in [-0.2, -0.15) is 0 Å². The smallest absolute Gasteiger partial charge is 0.245 e. The van der Waals surface area contributed by atoms with Crippen LogP contribution in [0, 0.1) is 0 Å². The number of hydrogen-bond donors (Lipinski definition) is 2. The topological polar surface area (TPSA) is 69.6 Å². The summed E-state index contributed by atoms with van der Waals surface area (Å²) in [6.07, 6.45) is -0.182. The number of amides is 2. The second-order valence-corrected chi connectivity index (χ2v) is 3.11. The molecule has 0 saturated carbocycles. The van der Waals surface area contributed by atoms with Crippen molar-refractivity contribution in [2.24, 2.45) is 0 Å². The van der Waals surface area contributed by atoms with E-state index in [-0.39, 0.29) is 18.4 Å². The molecule has 0 aromatic carbocycles. The molecule has 12 heavy (non-hydrogen) atoms. The van der Waals surface area contributed by atoms with E-state index < -0.39 is 12.1 Å². The number of nitrogens with one attached hydrogen (secondary N) is 1. The summed E-state index contributed by atoms with van der Waals surface area (Å²) in [7, 11) is 0. The van der Waals surface area contributed by atoms with Gasteiger partial charge >= 0.3 is 0 Å². The monoisotopic (exact) mass is 170 g/mol. The number of hydrogen-bond acceptors (Lipinski definition) is 3. The van der Waals surface area contributed by atoms with E-state index >= 15 is 0 Å². The molecule has 5 nitrogen and oxygen atoms in total. The average molecular weight is 170 g/mol. The number of fused-ring (bicyclic) bond motifs is 1. The van der Waals surface area contributed by atoms with Crippen LogP contribution in [-0.2, 0) is 9.59 Å². The molecular weight excluding hydrogens is 160 g/mol. The summed E-state index contributed by atoms with van der Waals surface area (Å²) < 4.78 is 0. The first kappa shape index (κ1) is 7.54. The summed E-state index contributed by atoms with van der Waals surface area (Å²) in [4.78, 5) is 23.8.